The van der Waals surface area contributed by atoms with Crippen LogP contribution >= 0.6 is 0 Å². The van der Waals surface area contributed by atoms with E-state index < -0.39 is 6.10 Å². The van der Waals surface area contributed by atoms with E-state index in [0.29, 0.717) is 36.3 Å². The summed E-state index contributed by atoms with van der Waals surface area (Å²) in [5, 5.41) is 10.6. The van der Waals surface area contributed by atoms with Crippen LogP contribution in [0.5, 0.6) is 11.5 Å². The molecule has 2 aromatic heterocycles. The molecule has 0 unspecified atom stereocenters. The van der Waals surface area contributed by atoms with Crippen LogP contribution in [-0.4, -0.2) is 40.8 Å². The van der Waals surface area contributed by atoms with Gasteiger partial charge in [-0.1, -0.05) is 13.0 Å². The van der Waals surface area contributed by atoms with E-state index in [1.807, 2.05) is 55.8 Å². The molecule has 4 rings (SSSR count). The first kappa shape index (κ1) is 22.8. The summed E-state index contributed by atoms with van der Waals surface area (Å²) in [6, 6.07) is 11.4. The number of hydrogen-bond donors (Lipinski definition) is 2. The van der Waals surface area contributed by atoms with Crippen molar-refractivity contribution in [1.82, 2.24) is 20.5 Å². The van der Waals surface area contributed by atoms with Crippen LogP contribution in [0.25, 0.3) is 11.1 Å². The number of H-pyrrole nitrogens is 1. The summed E-state index contributed by atoms with van der Waals surface area (Å²) in [6.07, 6.45) is 9.94. The number of carbonyl (C=O) groups excluding carboxylic acids is 1. The normalized spacial score (nSPS) is 19.0. The maximum Gasteiger partial charge on any atom is 0.261 e. The Morgan fingerprint density at radius 1 is 1.15 bits per heavy atom. The van der Waals surface area contributed by atoms with E-state index in [4.69, 9.17) is 9.47 Å². The molecule has 2 heterocycles. The molecule has 3 aromatic rings. The molecule has 1 aliphatic carbocycles. The molecule has 1 saturated carbocycles. The van der Waals surface area contributed by atoms with Crippen molar-refractivity contribution in [2.45, 2.75) is 51.0 Å². The van der Waals surface area contributed by atoms with Crippen molar-refractivity contribution in [2.24, 2.45) is 5.92 Å². The third-order valence-corrected chi connectivity index (χ3v) is 6.46. The molecule has 0 spiro atoms. The standard InChI is InChI=1S/C26H32N4O3/c1-3-24(33-22-6-4-5-21(15-22)32-2)26(31)28-16-18-7-9-20(10-8-18)25-23(17-29-30-25)19-11-13-27-14-12-19/h4-6,11-15,17-18,20,24H,3,7-10,16H2,1-2H3,(H,28,31)(H,29,30)/t18?,20?,24-/m0/s1. The molecule has 0 radical (unpaired) electrons. The van der Waals surface area contributed by atoms with Crippen LogP contribution in [0.1, 0.15) is 50.6 Å². The summed E-state index contributed by atoms with van der Waals surface area (Å²) in [6.45, 7) is 2.64. The van der Waals surface area contributed by atoms with Crippen LogP contribution in [0.15, 0.2) is 55.0 Å². The highest BCUT2D eigenvalue weighted by Gasteiger charge is 2.27. The average molecular weight is 449 g/mol. The number of methoxy groups -OCH3 is 1. The number of aromatic amines is 1. The van der Waals surface area contributed by atoms with Crippen LogP contribution in [0, 0.1) is 5.92 Å². The molecule has 1 aromatic carbocycles. The lowest BCUT2D eigenvalue weighted by atomic mass is 9.79. The largest absolute Gasteiger partial charge is 0.497 e. The van der Waals surface area contributed by atoms with Crippen molar-refractivity contribution in [2.75, 3.05) is 13.7 Å². The molecule has 1 aliphatic rings. The van der Waals surface area contributed by atoms with Crippen molar-refractivity contribution >= 4 is 5.91 Å². The first-order valence-electron chi connectivity index (χ1n) is 11.7. The van der Waals surface area contributed by atoms with Gasteiger partial charge >= 0.3 is 0 Å². The van der Waals surface area contributed by atoms with Gasteiger partial charge in [0.2, 0.25) is 0 Å². The fraction of sp³-hybridized carbons (Fsp3) is 0.423. The Morgan fingerprint density at radius 2 is 1.91 bits per heavy atom. The summed E-state index contributed by atoms with van der Waals surface area (Å²) < 4.78 is 11.2. The molecular formula is C26H32N4O3. The Morgan fingerprint density at radius 3 is 2.64 bits per heavy atom. The topological polar surface area (TPSA) is 89.1 Å². The highest BCUT2D eigenvalue weighted by molar-refractivity contribution is 5.81. The quantitative estimate of drug-likeness (QED) is 0.494. The van der Waals surface area contributed by atoms with Crippen LogP contribution in [0.2, 0.25) is 0 Å². The number of pyridine rings is 1. The van der Waals surface area contributed by atoms with Crippen molar-refractivity contribution in [1.29, 1.82) is 0 Å². The number of aromatic nitrogens is 3. The van der Waals surface area contributed by atoms with Gasteiger partial charge in [0.05, 0.1) is 13.3 Å². The first-order valence-corrected chi connectivity index (χ1v) is 11.7. The molecule has 1 atom stereocenters. The number of nitrogens with one attached hydrogen (secondary N) is 2. The summed E-state index contributed by atoms with van der Waals surface area (Å²) in [7, 11) is 1.62. The van der Waals surface area contributed by atoms with E-state index in [2.05, 4.69) is 20.5 Å². The van der Waals surface area contributed by atoms with Gasteiger partial charge in [-0.15, -0.1) is 0 Å². The number of benzene rings is 1. The molecule has 1 amide bonds. The van der Waals surface area contributed by atoms with E-state index in [0.717, 1.165) is 36.8 Å². The van der Waals surface area contributed by atoms with Gasteiger partial charge in [-0.25, -0.2) is 0 Å². The number of rotatable bonds is 9. The SMILES string of the molecule is CC[C@H](Oc1cccc(OC)c1)C(=O)NCC1CCC(c2[nH]ncc2-c2ccncc2)CC1. The zero-order valence-corrected chi connectivity index (χ0v) is 19.3. The lowest BCUT2D eigenvalue weighted by Gasteiger charge is -2.29. The number of amides is 1. The molecule has 33 heavy (non-hydrogen) atoms. The second kappa shape index (κ2) is 11.0. The fourth-order valence-electron chi connectivity index (χ4n) is 4.54. The van der Waals surface area contributed by atoms with Crippen LogP contribution in [0.4, 0.5) is 0 Å². The third-order valence-electron chi connectivity index (χ3n) is 6.46. The Hall–Kier alpha value is -3.35. The van der Waals surface area contributed by atoms with Crippen molar-refractivity contribution in [3.05, 3.63) is 60.7 Å². The molecule has 1 fully saturated rings. The molecular weight excluding hydrogens is 416 g/mol. The van der Waals surface area contributed by atoms with Gasteiger partial charge in [-0.05, 0) is 67.9 Å². The van der Waals surface area contributed by atoms with Gasteiger partial charge in [0.1, 0.15) is 11.5 Å². The summed E-state index contributed by atoms with van der Waals surface area (Å²) in [5.74, 6) is 2.23. The van der Waals surface area contributed by atoms with E-state index in [-0.39, 0.29) is 5.91 Å². The lowest BCUT2D eigenvalue weighted by Crippen LogP contribution is -2.40. The van der Waals surface area contributed by atoms with E-state index in [1.54, 1.807) is 13.2 Å². The number of carbonyl (C=O) groups is 1. The monoisotopic (exact) mass is 448 g/mol. The minimum absolute atomic E-state index is 0.0593. The number of nitrogens with zero attached hydrogens (tertiary/aromatic N) is 2. The Bertz CT molecular complexity index is 1030. The van der Waals surface area contributed by atoms with E-state index in [9.17, 15) is 4.79 Å². The molecule has 0 aliphatic heterocycles. The Kier molecular flexibility index (Phi) is 7.60. The predicted octanol–water partition coefficient (Wildman–Crippen LogP) is 4.73. The minimum atomic E-state index is -0.513. The van der Waals surface area contributed by atoms with E-state index in [1.165, 1.54) is 5.69 Å². The number of ether oxygens (including phenoxy) is 2. The third kappa shape index (κ3) is 5.72. The van der Waals surface area contributed by atoms with Crippen LogP contribution in [0.3, 0.4) is 0 Å². The van der Waals surface area contributed by atoms with Gasteiger partial charge in [-0.3, -0.25) is 14.9 Å². The molecule has 0 bridgehead atoms. The molecule has 7 nitrogen and oxygen atoms in total. The molecule has 2 N–H and O–H groups in total. The minimum Gasteiger partial charge on any atom is -0.497 e. The van der Waals surface area contributed by atoms with Gasteiger partial charge in [0, 0.05) is 42.2 Å². The smallest absolute Gasteiger partial charge is 0.261 e. The second-order valence-corrected chi connectivity index (χ2v) is 8.59. The molecule has 7 heteroatoms. The van der Waals surface area contributed by atoms with E-state index >= 15 is 0 Å². The van der Waals surface area contributed by atoms with Crippen LogP contribution < -0.4 is 14.8 Å². The highest BCUT2D eigenvalue weighted by atomic mass is 16.5. The lowest BCUT2D eigenvalue weighted by molar-refractivity contribution is -0.128. The van der Waals surface area contributed by atoms with Crippen molar-refractivity contribution in [3.63, 3.8) is 0 Å². The fourth-order valence-corrected chi connectivity index (χ4v) is 4.54. The predicted molar refractivity (Wildman–Crippen MR) is 127 cm³/mol. The van der Waals surface area contributed by atoms with Gasteiger partial charge in [0.15, 0.2) is 6.10 Å². The summed E-state index contributed by atoms with van der Waals surface area (Å²) >= 11 is 0. The number of hydrogen-bond acceptors (Lipinski definition) is 5. The second-order valence-electron chi connectivity index (χ2n) is 8.59. The van der Waals surface area contributed by atoms with Gasteiger partial charge in [-0.2, -0.15) is 5.10 Å². The maximum absolute atomic E-state index is 12.7. The van der Waals surface area contributed by atoms with Gasteiger partial charge in [0.25, 0.3) is 5.91 Å². The zero-order chi connectivity index (χ0) is 23.0. The first-order chi connectivity index (χ1) is 16.2. The van der Waals surface area contributed by atoms with Crippen molar-refractivity contribution in [3.8, 4) is 22.6 Å². The summed E-state index contributed by atoms with van der Waals surface area (Å²) in [4.78, 5) is 16.9. The maximum atomic E-state index is 12.7. The summed E-state index contributed by atoms with van der Waals surface area (Å²) in [5.41, 5.74) is 3.51. The Balaban J connectivity index is 1.27. The highest BCUT2D eigenvalue weighted by Crippen LogP contribution is 2.38. The zero-order valence-electron chi connectivity index (χ0n) is 19.3. The van der Waals surface area contributed by atoms with Crippen LogP contribution in [-0.2, 0) is 4.79 Å². The van der Waals surface area contributed by atoms with Gasteiger partial charge < -0.3 is 14.8 Å². The molecule has 0 saturated heterocycles. The molecule has 174 valence electrons. The Labute approximate surface area is 194 Å². The van der Waals surface area contributed by atoms with Crippen molar-refractivity contribution < 1.29 is 14.3 Å². The average Bonchev–Trinajstić information content (AvgIpc) is 3.37.